The average molecular weight is 660 g/mol. The first-order chi connectivity index (χ1) is 21.6. The Bertz CT molecular complexity index is 1070. The second kappa shape index (κ2) is 31.0. The number of rotatable bonds is 12. The highest BCUT2D eigenvalue weighted by Gasteiger charge is 2.34. The summed E-state index contributed by atoms with van der Waals surface area (Å²) in [6.07, 6.45) is 9.69. The number of likely N-dealkylation sites (N-methyl/N-ethyl adjacent to an activating group) is 1. The van der Waals surface area contributed by atoms with E-state index in [-0.39, 0.29) is 37.2 Å². The summed E-state index contributed by atoms with van der Waals surface area (Å²) in [4.78, 5) is 22.7. The van der Waals surface area contributed by atoms with Gasteiger partial charge >= 0.3 is 12.2 Å². The number of amides is 3. The molecule has 0 saturated carbocycles. The van der Waals surface area contributed by atoms with Gasteiger partial charge in [-0.2, -0.15) is 13.2 Å². The van der Waals surface area contributed by atoms with Crippen LogP contribution in [0, 0.1) is 25.7 Å². The van der Waals surface area contributed by atoms with Crippen LogP contribution in [0.3, 0.4) is 0 Å². The lowest BCUT2D eigenvalue weighted by atomic mass is 10.1. The van der Waals surface area contributed by atoms with E-state index in [0.717, 1.165) is 18.1 Å². The van der Waals surface area contributed by atoms with Gasteiger partial charge in [0.25, 0.3) is 0 Å². The van der Waals surface area contributed by atoms with Gasteiger partial charge in [-0.15, -0.1) is 12.8 Å². The van der Waals surface area contributed by atoms with Crippen LogP contribution >= 0.6 is 0 Å². The molecule has 2 atom stereocenters. The molecule has 0 bridgehead atoms. The number of anilines is 1. The molecule has 46 heavy (non-hydrogen) atoms. The average Bonchev–Trinajstić information content (AvgIpc) is 3.00. The van der Waals surface area contributed by atoms with Crippen molar-refractivity contribution in [2.45, 2.75) is 80.1 Å². The molecule has 1 rings (SSSR count). The fourth-order valence-electron chi connectivity index (χ4n) is 2.83. The van der Waals surface area contributed by atoms with E-state index in [1.165, 1.54) is 31.6 Å². The zero-order valence-corrected chi connectivity index (χ0v) is 28.5. The lowest BCUT2D eigenvalue weighted by Gasteiger charge is -2.19. The predicted molar refractivity (Wildman–Crippen MR) is 182 cm³/mol. The van der Waals surface area contributed by atoms with E-state index in [2.05, 4.69) is 54.5 Å². The number of nitrogens with two attached hydrogens (primary N) is 1. The number of benzene rings is 1. The molecule has 1 aromatic rings. The molecule has 262 valence electrons. The number of aryl methyl sites for hydroxylation is 1. The smallest absolute Gasteiger partial charge is 0.337 e. The minimum Gasteiger partial charge on any atom is -0.337 e. The maximum absolute atomic E-state index is 12.5. The van der Waals surface area contributed by atoms with Gasteiger partial charge in [0.1, 0.15) is 12.0 Å². The first-order valence-corrected chi connectivity index (χ1v) is 14.8. The summed E-state index contributed by atoms with van der Waals surface area (Å²) in [7, 11) is 1.70. The molecule has 0 saturated heterocycles. The highest BCUT2D eigenvalue weighted by atomic mass is 19.4. The number of alkyl halides is 4. The van der Waals surface area contributed by atoms with Crippen LogP contribution in [0.2, 0.25) is 0 Å². The summed E-state index contributed by atoms with van der Waals surface area (Å²) in [5.74, 6) is -2.26. The number of nitrogens with one attached hydrogen (secondary N) is 4. The fraction of sp³-hybridized carbons (Fsp3) is 0.471. The summed E-state index contributed by atoms with van der Waals surface area (Å²) < 4.78 is 62.2. The number of urea groups is 1. The Morgan fingerprint density at radius 1 is 1.11 bits per heavy atom. The summed E-state index contributed by atoms with van der Waals surface area (Å²) >= 11 is 0. The third-order valence-corrected chi connectivity index (χ3v) is 5.05. The molecule has 12 heteroatoms. The maximum atomic E-state index is 12.5. The lowest BCUT2D eigenvalue weighted by molar-refractivity contribution is -0.168. The van der Waals surface area contributed by atoms with Gasteiger partial charge in [0, 0.05) is 31.3 Å². The number of terminal acetylenes is 1. The Morgan fingerprint density at radius 2 is 1.63 bits per heavy atom. The molecule has 0 aliphatic rings. The second-order valence-corrected chi connectivity index (χ2v) is 9.17. The van der Waals surface area contributed by atoms with E-state index in [4.69, 9.17) is 5.73 Å². The predicted octanol–water partition coefficient (Wildman–Crippen LogP) is 8.23. The minimum absolute atomic E-state index is 0.133. The SMILES string of the molecule is C#C.C=C(F)/C=C\C=C(/CN)C(NC)NC(C)=O.CC.CCC.Cc1ccc(NC(=O)N/C(=C/CC(C)C(F)(F)F)CCF)cc1. The number of hydrogen-bond donors (Lipinski definition) is 5. The van der Waals surface area contributed by atoms with Crippen molar-refractivity contribution >= 4 is 17.6 Å². The van der Waals surface area contributed by atoms with Crippen LogP contribution < -0.4 is 27.0 Å². The van der Waals surface area contributed by atoms with Gasteiger partial charge in [0.15, 0.2) is 0 Å². The Labute approximate surface area is 273 Å². The lowest BCUT2D eigenvalue weighted by Crippen LogP contribution is -2.45. The van der Waals surface area contributed by atoms with Crippen molar-refractivity contribution in [3.8, 4) is 12.8 Å². The van der Waals surface area contributed by atoms with Crippen molar-refractivity contribution in [3.63, 3.8) is 0 Å². The molecule has 6 N–H and O–H groups in total. The van der Waals surface area contributed by atoms with E-state index in [1.807, 2.05) is 20.8 Å². The van der Waals surface area contributed by atoms with Crippen molar-refractivity contribution in [1.29, 1.82) is 0 Å². The van der Waals surface area contributed by atoms with Gasteiger partial charge in [0.05, 0.1) is 12.6 Å². The van der Waals surface area contributed by atoms with E-state index >= 15 is 0 Å². The molecule has 0 radical (unpaired) electrons. The zero-order chi connectivity index (χ0) is 36.7. The quantitative estimate of drug-likeness (QED) is 0.0674. The normalized spacial score (nSPS) is 12.2. The molecule has 1 aromatic carbocycles. The molecule has 0 spiro atoms. The number of carbonyl (C=O) groups excluding carboxylic acids is 2. The van der Waals surface area contributed by atoms with Gasteiger partial charge in [-0.3, -0.25) is 14.5 Å². The number of hydrogen-bond acceptors (Lipinski definition) is 4. The van der Waals surface area contributed by atoms with Gasteiger partial charge < -0.3 is 21.7 Å². The van der Waals surface area contributed by atoms with Gasteiger partial charge in [-0.1, -0.05) is 83.5 Å². The van der Waals surface area contributed by atoms with E-state index < -0.39 is 30.6 Å². The van der Waals surface area contributed by atoms with Crippen molar-refractivity contribution in [1.82, 2.24) is 16.0 Å². The molecule has 0 fully saturated rings. The largest absolute Gasteiger partial charge is 0.391 e. The Hall–Kier alpha value is -3.95. The molecular weight excluding hydrogens is 605 g/mol. The Morgan fingerprint density at radius 3 is 2.02 bits per heavy atom. The standard InChI is InChI=1S/C16H20F4N2O.C11H18FN3O.C3H8.C2H6.C2H2/c1-11-3-6-13(7-4-11)21-15(23)22-14(9-10-17)8-5-12(2)16(18,19)20;1-8(12)5-4-6-10(7-13)11(14-3)15-9(2)16;1-3-2;2*1-2/h3-4,6-8,12H,5,9-10H2,1-2H3,(H2,21,22,23);4-6,11,14H,1,7,13H2,2-3H3,(H,15,16);3H2,1-2H3;1-2H3;1-2H/b14-8+;5-4-,10-6+;;;. The summed E-state index contributed by atoms with van der Waals surface area (Å²) in [6.45, 7) is 15.2. The minimum atomic E-state index is -4.32. The van der Waals surface area contributed by atoms with Crippen LogP contribution in [-0.4, -0.2) is 44.5 Å². The maximum Gasteiger partial charge on any atom is 0.391 e. The van der Waals surface area contributed by atoms with Crippen molar-refractivity contribution < 1.29 is 31.5 Å². The fourth-order valence-corrected chi connectivity index (χ4v) is 2.83. The molecule has 7 nitrogen and oxygen atoms in total. The van der Waals surface area contributed by atoms with Crippen LogP contribution in [-0.2, 0) is 4.79 Å². The highest BCUT2D eigenvalue weighted by molar-refractivity contribution is 5.90. The Balaban J connectivity index is -0.000000334. The Kier molecular flexibility index (Phi) is 33.0. The molecule has 0 aromatic heterocycles. The highest BCUT2D eigenvalue weighted by Crippen LogP contribution is 2.28. The number of carbonyl (C=O) groups is 2. The van der Waals surface area contributed by atoms with Crippen LogP contribution in [0.15, 0.2) is 72.2 Å². The monoisotopic (exact) mass is 659 g/mol. The van der Waals surface area contributed by atoms with Crippen LogP contribution in [0.1, 0.15) is 66.4 Å². The third-order valence-electron chi connectivity index (χ3n) is 5.05. The van der Waals surface area contributed by atoms with Gasteiger partial charge in [-0.05, 0) is 44.2 Å². The van der Waals surface area contributed by atoms with E-state index in [0.29, 0.717) is 5.69 Å². The van der Waals surface area contributed by atoms with E-state index in [1.54, 1.807) is 37.4 Å². The summed E-state index contributed by atoms with van der Waals surface area (Å²) in [5, 5.41) is 10.5. The number of allylic oxidation sites excluding steroid dienone is 6. The number of halogens is 5. The van der Waals surface area contributed by atoms with Crippen molar-refractivity contribution in [2.75, 3.05) is 25.6 Å². The third kappa shape index (κ3) is 28.8. The molecule has 3 amide bonds. The first-order valence-electron chi connectivity index (χ1n) is 14.8. The van der Waals surface area contributed by atoms with E-state index in [9.17, 15) is 31.5 Å². The van der Waals surface area contributed by atoms with Gasteiger partial charge in [-0.25, -0.2) is 9.18 Å². The molecular formula is C34H54F5N5O2. The van der Waals surface area contributed by atoms with Crippen LogP contribution in [0.4, 0.5) is 32.4 Å². The molecule has 2 unspecified atom stereocenters. The zero-order valence-electron chi connectivity index (χ0n) is 28.5. The molecule has 0 heterocycles. The first kappa shape index (κ1) is 48.9. The topological polar surface area (TPSA) is 108 Å². The molecule has 0 aliphatic heterocycles. The summed E-state index contributed by atoms with van der Waals surface area (Å²) in [6, 6.07) is 6.38. The van der Waals surface area contributed by atoms with Crippen LogP contribution in [0.5, 0.6) is 0 Å². The molecule has 0 aliphatic carbocycles. The van der Waals surface area contributed by atoms with Gasteiger partial charge in [0.2, 0.25) is 5.91 Å². The van der Waals surface area contributed by atoms with Crippen molar-refractivity contribution in [2.24, 2.45) is 11.7 Å². The van der Waals surface area contributed by atoms with Crippen LogP contribution in [0.25, 0.3) is 0 Å². The summed E-state index contributed by atoms with van der Waals surface area (Å²) in [5.41, 5.74) is 7.97. The van der Waals surface area contributed by atoms with Crippen molar-refractivity contribution in [3.05, 3.63) is 77.8 Å². The second-order valence-electron chi connectivity index (χ2n) is 9.17.